The van der Waals surface area contributed by atoms with Gasteiger partial charge in [-0.2, -0.15) is 0 Å². The van der Waals surface area contributed by atoms with Gasteiger partial charge < -0.3 is 24.8 Å². The zero-order chi connectivity index (χ0) is 34.4. The molecule has 0 saturated carbocycles. The van der Waals surface area contributed by atoms with Crippen LogP contribution in [0.4, 0.5) is 0 Å². The Morgan fingerprint density at radius 3 is 1.19 bits per heavy atom. The second-order valence-electron chi connectivity index (χ2n) is 17.3. The molecule has 0 N–H and O–H groups in total. The molecular weight excluding hydrogens is 707 g/mol. The first-order valence-electron chi connectivity index (χ1n) is 18.7. The van der Waals surface area contributed by atoms with E-state index in [1.54, 1.807) is 22.3 Å². The van der Waals surface area contributed by atoms with Crippen molar-refractivity contribution in [2.24, 2.45) is 10.8 Å². The molecule has 0 amide bonds. The van der Waals surface area contributed by atoms with E-state index in [0.29, 0.717) is 8.45 Å². The molecule has 2 aliphatic carbocycles. The number of rotatable bonds is 4. The van der Waals surface area contributed by atoms with E-state index in [1.165, 1.54) is 70.8 Å². The maximum absolute atomic E-state index is 2.76. The van der Waals surface area contributed by atoms with E-state index in [1.807, 2.05) is 0 Å². The molecule has 9 rings (SSSR count). The molecule has 0 bridgehead atoms. The summed E-state index contributed by atoms with van der Waals surface area (Å²) in [4.78, 5) is 0. The average molecular weight is 756 g/mol. The largest absolute Gasteiger partial charge is 1.00 e. The summed E-state index contributed by atoms with van der Waals surface area (Å²) in [6, 6.07) is 46.1. The van der Waals surface area contributed by atoms with Crippen LogP contribution in [0.2, 0.25) is 9.45 Å². The summed E-state index contributed by atoms with van der Waals surface area (Å²) in [7, 11) is 0. The zero-order valence-electron chi connectivity index (χ0n) is 31.2. The number of benzene rings is 6. The predicted molar refractivity (Wildman–Crippen MR) is 213 cm³/mol. The molecule has 0 radical (unpaired) electrons. The number of fused-ring (bicyclic) bond motifs is 4. The minimum Gasteiger partial charge on any atom is -1.00 e. The van der Waals surface area contributed by atoms with Crippen LogP contribution in [0.15, 0.2) is 132 Å². The predicted octanol–water partition coefficient (Wildman–Crippen LogP) is 8.40. The van der Waals surface area contributed by atoms with Gasteiger partial charge in [0.25, 0.3) is 0 Å². The molecule has 6 aromatic carbocycles. The van der Waals surface area contributed by atoms with Crippen molar-refractivity contribution in [2.75, 3.05) is 0 Å². The minimum absolute atomic E-state index is 0. The quantitative estimate of drug-likeness (QED) is 0.159. The van der Waals surface area contributed by atoms with Crippen LogP contribution in [0.25, 0.3) is 56.0 Å². The third-order valence-electron chi connectivity index (χ3n) is 12.4. The van der Waals surface area contributed by atoms with Gasteiger partial charge in [0.05, 0.1) is 0 Å². The molecular formula is C49H48Cl2Ti. The molecule has 3 heteroatoms. The molecule has 52 heavy (non-hydrogen) atoms. The van der Waals surface area contributed by atoms with Crippen molar-refractivity contribution in [1.29, 1.82) is 0 Å². The molecule has 1 fully saturated rings. The smallest absolute Gasteiger partial charge is 1.00 e. The van der Waals surface area contributed by atoms with E-state index in [0.717, 1.165) is 0 Å². The maximum Gasteiger partial charge on any atom is -1.00 e. The van der Waals surface area contributed by atoms with E-state index in [2.05, 4.69) is 175 Å². The second-order valence-corrected chi connectivity index (χ2v) is 24.5. The van der Waals surface area contributed by atoms with Gasteiger partial charge in [-0.1, -0.05) is 0 Å². The third kappa shape index (κ3) is 5.69. The van der Waals surface area contributed by atoms with Crippen molar-refractivity contribution in [3.05, 3.63) is 155 Å². The van der Waals surface area contributed by atoms with E-state index in [-0.39, 0.29) is 35.6 Å². The molecule has 0 spiro atoms. The summed E-state index contributed by atoms with van der Waals surface area (Å²) in [6.45, 7) is 14.9. The average Bonchev–Trinajstić information content (AvgIpc) is 3.69. The molecule has 6 aromatic rings. The molecule has 2 atom stereocenters. The summed E-state index contributed by atoms with van der Waals surface area (Å²) in [6.07, 6.45) is 6.72. The Morgan fingerprint density at radius 2 is 0.808 bits per heavy atom. The van der Waals surface area contributed by atoms with E-state index < -0.39 is 16.6 Å². The van der Waals surface area contributed by atoms with Gasteiger partial charge in [-0.25, -0.2) is 0 Å². The topological polar surface area (TPSA) is 0 Å². The van der Waals surface area contributed by atoms with Crippen molar-refractivity contribution in [3.8, 4) is 22.3 Å². The fourth-order valence-corrected chi connectivity index (χ4v) is 20.5. The molecule has 1 heterocycles. The normalized spacial score (nSPS) is 18.2. The third-order valence-corrected chi connectivity index (χ3v) is 22.0. The van der Waals surface area contributed by atoms with E-state index >= 15 is 0 Å². The Hall–Kier alpha value is -3.39. The van der Waals surface area contributed by atoms with Crippen LogP contribution in [-0.2, 0) is 16.6 Å². The summed E-state index contributed by atoms with van der Waals surface area (Å²) in [5, 5.41) is 5.33. The van der Waals surface area contributed by atoms with Crippen molar-refractivity contribution in [2.45, 2.75) is 65.9 Å². The number of hydrogen-bond acceptors (Lipinski definition) is 0. The Morgan fingerprint density at radius 1 is 0.442 bits per heavy atom. The molecule has 0 nitrogen and oxygen atoms in total. The Bertz CT molecular complexity index is 2220. The first-order valence-corrected chi connectivity index (χ1v) is 22.7. The molecule has 0 aromatic heterocycles. The van der Waals surface area contributed by atoms with Crippen LogP contribution in [0.1, 0.15) is 78.7 Å². The first-order chi connectivity index (χ1) is 24.1. The Kier molecular flexibility index (Phi) is 9.58. The van der Waals surface area contributed by atoms with Crippen molar-refractivity contribution >= 4 is 33.7 Å². The molecule has 2 unspecified atom stereocenters. The summed E-state index contributed by atoms with van der Waals surface area (Å²) >= 11 is -2.76. The summed E-state index contributed by atoms with van der Waals surface area (Å²) in [5.41, 5.74) is 15.3. The van der Waals surface area contributed by atoms with E-state index in [4.69, 9.17) is 0 Å². The minimum atomic E-state index is -2.76. The van der Waals surface area contributed by atoms with Gasteiger partial charge in [0.15, 0.2) is 0 Å². The summed E-state index contributed by atoms with van der Waals surface area (Å²) in [5.74, 6) is 0. The SMILES string of the molecule is CC(C)(C)C1=Cc2c(-c3cccc4ccccc34)cccc2[CH]1[Ti+2]1([CH]2C(C(C)(C)C)=Cc3c(-c4cccc5ccccc45)cccc32)[CH2]C[CH2]1.[Cl-].[Cl-]. The van der Waals surface area contributed by atoms with Crippen molar-refractivity contribution in [3.63, 3.8) is 0 Å². The van der Waals surface area contributed by atoms with Crippen LogP contribution in [-0.4, -0.2) is 0 Å². The van der Waals surface area contributed by atoms with Gasteiger partial charge in [-0.05, 0) is 0 Å². The molecule has 3 aliphatic rings. The Balaban J connectivity index is 0.00000210. The van der Waals surface area contributed by atoms with Crippen LogP contribution < -0.4 is 24.8 Å². The number of hydrogen-bond donors (Lipinski definition) is 0. The first kappa shape index (κ1) is 37.0. The van der Waals surface area contributed by atoms with Gasteiger partial charge in [-0.3, -0.25) is 0 Å². The number of halogens is 2. The zero-order valence-corrected chi connectivity index (χ0v) is 34.3. The van der Waals surface area contributed by atoms with Gasteiger partial charge in [0.2, 0.25) is 0 Å². The fraction of sp³-hybridized carbons (Fsp3) is 0.265. The van der Waals surface area contributed by atoms with Gasteiger partial charge in [-0.15, -0.1) is 0 Å². The van der Waals surface area contributed by atoms with Crippen LogP contribution >= 0.6 is 0 Å². The van der Waals surface area contributed by atoms with Crippen molar-refractivity contribution in [1.82, 2.24) is 0 Å². The monoisotopic (exact) mass is 754 g/mol. The van der Waals surface area contributed by atoms with Crippen LogP contribution in [0.3, 0.4) is 0 Å². The maximum atomic E-state index is 2.67. The van der Waals surface area contributed by atoms with Crippen LogP contribution in [0, 0.1) is 10.8 Å². The van der Waals surface area contributed by atoms with Gasteiger partial charge >= 0.3 is 304 Å². The molecule has 1 saturated heterocycles. The second kappa shape index (κ2) is 13.5. The van der Waals surface area contributed by atoms with Crippen molar-refractivity contribution < 1.29 is 41.4 Å². The number of allylic oxidation sites excluding steroid dienone is 2. The van der Waals surface area contributed by atoms with E-state index in [9.17, 15) is 0 Å². The molecule has 1 aliphatic heterocycles. The van der Waals surface area contributed by atoms with Gasteiger partial charge in [0, 0.05) is 0 Å². The summed E-state index contributed by atoms with van der Waals surface area (Å²) < 4.78 is 3.98. The molecule has 262 valence electrons. The fourth-order valence-electron chi connectivity index (χ4n) is 10.1. The van der Waals surface area contributed by atoms with Gasteiger partial charge in [0.1, 0.15) is 0 Å². The van der Waals surface area contributed by atoms with Crippen LogP contribution in [0.5, 0.6) is 0 Å². The Labute approximate surface area is 326 Å². The standard InChI is InChI=1S/2C23H21.C3H6.2ClH.Ti/c2*1-23(2,3)18-14-17-10-7-13-21(22(17)15-18)20-12-6-9-16-8-4-5-11-19(16)20;1-3-2;;;/h2*4-15H,1-3H3;1-3H2;2*1H;/q;;;;;+2/p-2.